The van der Waals surface area contributed by atoms with Gasteiger partial charge in [-0.15, -0.1) is 5.11 Å². The molecule has 0 atom stereocenters. The van der Waals surface area contributed by atoms with E-state index < -0.39 is 5.83 Å². The number of halogens is 1. The molecule has 1 aliphatic rings. The Morgan fingerprint density at radius 3 is 3.00 bits per heavy atom. The molecule has 6 heteroatoms. The van der Waals surface area contributed by atoms with E-state index in [4.69, 9.17) is 5.84 Å². The van der Waals surface area contributed by atoms with E-state index in [1.165, 1.54) is 6.08 Å². The van der Waals surface area contributed by atoms with Gasteiger partial charge in [0.1, 0.15) is 5.82 Å². The lowest BCUT2D eigenvalue weighted by molar-refractivity contribution is 0.592. The van der Waals surface area contributed by atoms with E-state index in [9.17, 15) is 4.39 Å². The molecule has 0 aromatic heterocycles. The number of hydrogen-bond acceptors (Lipinski definition) is 4. The molecule has 5 nitrogen and oxygen atoms in total. The Morgan fingerprint density at radius 2 is 2.50 bits per heavy atom. The Bertz CT molecular complexity index is 255. The standard InChI is InChI=1S/C6H10FN5/c1-9-6-5(7)2-4(3-10-6)11-12-8/h2,9-10H,3H2,1H3,(H2,8,11). The highest BCUT2D eigenvalue weighted by Crippen LogP contribution is 2.12. The molecule has 0 fully saturated rings. The minimum absolute atomic E-state index is 0.353. The molecule has 0 bridgehead atoms. The fourth-order valence-corrected chi connectivity index (χ4v) is 0.879. The van der Waals surface area contributed by atoms with Crippen molar-refractivity contribution in [2.75, 3.05) is 13.6 Å². The van der Waals surface area contributed by atoms with Crippen molar-refractivity contribution in [3.05, 3.63) is 23.4 Å². The highest BCUT2D eigenvalue weighted by atomic mass is 19.1. The molecule has 0 aliphatic carbocycles. The zero-order valence-corrected chi connectivity index (χ0v) is 6.63. The first-order valence-corrected chi connectivity index (χ1v) is 3.41. The number of allylic oxidation sites excluding steroid dienone is 2. The molecule has 1 heterocycles. The monoisotopic (exact) mass is 171 g/mol. The quantitative estimate of drug-likeness (QED) is 0.314. The van der Waals surface area contributed by atoms with E-state index in [2.05, 4.69) is 21.0 Å². The Morgan fingerprint density at radius 1 is 1.75 bits per heavy atom. The SMILES string of the molecule is CNC1=C(F)C=C(N=NN)CN1. The second-order valence-electron chi connectivity index (χ2n) is 2.18. The van der Waals surface area contributed by atoms with Crippen molar-refractivity contribution >= 4 is 0 Å². The van der Waals surface area contributed by atoms with Gasteiger partial charge >= 0.3 is 0 Å². The lowest BCUT2D eigenvalue weighted by atomic mass is 10.3. The van der Waals surface area contributed by atoms with Crippen LogP contribution < -0.4 is 16.5 Å². The summed E-state index contributed by atoms with van der Waals surface area (Å²) in [6.45, 7) is 0.421. The van der Waals surface area contributed by atoms with Crippen LogP contribution in [-0.4, -0.2) is 13.6 Å². The molecular weight excluding hydrogens is 161 g/mol. The summed E-state index contributed by atoms with van der Waals surface area (Å²) < 4.78 is 13.0. The van der Waals surface area contributed by atoms with Gasteiger partial charge in [0.2, 0.25) is 0 Å². The van der Waals surface area contributed by atoms with Crippen LogP contribution in [0.3, 0.4) is 0 Å². The third kappa shape index (κ3) is 1.71. The molecular formula is C6H10FN5. The number of hydrogen-bond donors (Lipinski definition) is 3. The Balaban J connectivity index is 2.80. The van der Waals surface area contributed by atoms with Crippen molar-refractivity contribution in [2.24, 2.45) is 16.2 Å². The number of rotatable bonds is 2. The summed E-state index contributed by atoms with van der Waals surface area (Å²) in [7, 11) is 1.63. The summed E-state index contributed by atoms with van der Waals surface area (Å²) in [5.41, 5.74) is 0.467. The third-order valence-corrected chi connectivity index (χ3v) is 1.41. The fraction of sp³-hybridized carbons (Fsp3) is 0.333. The van der Waals surface area contributed by atoms with Gasteiger partial charge in [-0.3, -0.25) is 0 Å². The molecule has 0 saturated carbocycles. The van der Waals surface area contributed by atoms with Crippen LogP contribution in [0.25, 0.3) is 0 Å². The van der Waals surface area contributed by atoms with Crippen molar-refractivity contribution in [1.29, 1.82) is 0 Å². The third-order valence-electron chi connectivity index (χ3n) is 1.41. The van der Waals surface area contributed by atoms with Crippen molar-refractivity contribution in [3.63, 3.8) is 0 Å². The molecule has 0 spiro atoms. The van der Waals surface area contributed by atoms with Crippen molar-refractivity contribution in [1.82, 2.24) is 10.6 Å². The normalized spacial score (nSPS) is 17.7. The summed E-state index contributed by atoms with van der Waals surface area (Å²) in [6, 6.07) is 0. The van der Waals surface area contributed by atoms with Gasteiger partial charge in [-0.25, -0.2) is 4.39 Å². The van der Waals surface area contributed by atoms with Crippen molar-refractivity contribution < 1.29 is 4.39 Å². The second-order valence-corrected chi connectivity index (χ2v) is 2.18. The fourth-order valence-electron chi connectivity index (χ4n) is 0.879. The van der Waals surface area contributed by atoms with Crippen LogP contribution in [0.15, 0.2) is 33.8 Å². The van der Waals surface area contributed by atoms with Gasteiger partial charge in [-0.05, 0) is 0 Å². The second kappa shape index (κ2) is 3.70. The van der Waals surface area contributed by atoms with E-state index in [1.54, 1.807) is 7.05 Å². The maximum absolute atomic E-state index is 13.0. The summed E-state index contributed by atoms with van der Waals surface area (Å²) >= 11 is 0. The zero-order chi connectivity index (χ0) is 8.97. The maximum Gasteiger partial charge on any atom is 0.165 e. The van der Waals surface area contributed by atoms with E-state index in [1.807, 2.05) is 0 Å². The van der Waals surface area contributed by atoms with E-state index >= 15 is 0 Å². The minimum atomic E-state index is -0.397. The van der Waals surface area contributed by atoms with E-state index in [-0.39, 0.29) is 0 Å². The molecule has 0 amide bonds. The van der Waals surface area contributed by atoms with Gasteiger partial charge in [-0.2, -0.15) is 0 Å². The first-order valence-electron chi connectivity index (χ1n) is 3.41. The van der Waals surface area contributed by atoms with Crippen LogP contribution in [0.4, 0.5) is 4.39 Å². The van der Waals surface area contributed by atoms with Gasteiger partial charge < -0.3 is 16.5 Å². The lowest BCUT2D eigenvalue weighted by Crippen LogP contribution is -2.28. The molecule has 12 heavy (non-hydrogen) atoms. The highest BCUT2D eigenvalue weighted by molar-refractivity contribution is 5.26. The number of nitrogens with two attached hydrogens (primary N) is 1. The number of nitrogens with one attached hydrogen (secondary N) is 2. The first-order chi connectivity index (χ1) is 5.77. The van der Waals surface area contributed by atoms with Gasteiger partial charge in [0.15, 0.2) is 5.83 Å². The molecule has 1 aliphatic heterocycles. The molecule has 0 unspecified atom stereocenters. The lowest BCUT2D eigenvalue weighted by Gasteiger charge is -2.14. The summed E-state index contributed by atoms with van der Waals surface area (Å²) in [5.74, 6) is 4.76. The molecule has 0 aromatic carbocycles. The van der Waals surface area contributed by atoms with Crippen LogP contribution in [-0.2, 0) is 0 Å². The van der Waals surface area contributed by atoms with Gasteiger partial charge in [0, 0.05) is 13.1 Å². The van der Waals surface area contributed by atoms with Gasteiger partial charge in [-0.1, -0.05) is 5.22 Å². The van der Waals surface area contributed by atoms with Crippen LogP contribution in [0.2, 0.25) is 0 Å². The predicted octanol–water partition coefficient (Wildman–Crippen LogP) is 0.157. The van der Waals surface area contributed by atoms with Crippen LogP contribution >= 0.6 is 0 Å². The Hall–Kier alpha value is -1.59. The first kappa shape index (κ1) is 8.51. The molecule has 0 saturated heterocycles. The number of nitrogens with zero attached hydrogens (tertiary/aromatic N) is 2. The smallest absolute Gasteiger partial charge is 0.165 e. The van der Waals surface area contributed by atoms with Crippen LogP contribution in [0, 0.1) is 0 Å². The molecule has 1 rings (SSSR count). The largest absolute Gasteiger partial charge is 0.373 e. The van der Waals surface area contributed by atoms with E-state index in [0.717, 1.165) is 0 Å². The van der Waals surface area contributed by atoms with Crippen molar-refractivity contribution in [2.45, 2.75) is 0 Å². The maximum atomic E-state index is 13.0. The summed E-state index contributed by atoms with van der Waals surface area (Å²) in [6.07, 6.45) is 1.28. The predicted molar refractivity (Wildman–Crippen MR) is 42.3 cm³/mol. The summed E-state index contributed by atoms with van der Waals surface area (Å²) in [4.78, 5) is 0. The van der Waals surface area contributed by atoms with Gasteiger partial charge in [0.05, 0.1) is 12.2 Å². The van der Waals surface area contributed by atoms with Crippen LogP contribution in [0.5, 0.6) is 0 Å². The number of dihydropyridines is 1. The highest BCUT2D eigenvalue weighted by Gasteiger charge is 2.10. The van der Waals surface area contributed by atoms with E-state index in [0.29, 0.717) is 18.1 Å². The average molecular weight is 171 g/mol. The van der Waals surface area contributed by atoms with Gasteiger partial charge in [0.25, 0.3) is 0 Å². The zero-order valence-electron chi connectivity index (χ0n) is 6.63. The summed E-state index contributed by atoms with van der Waals surface area (Å²) in [5, 5.41) is 12.0. The molecule has 66 valence electrons. The Labute approximate surface area is 69.2 Å². The molecule has 4 N–H and O–H groups in total. The average Bonchev–Trinajstić information content (AvgIpc) is 2.05. The van der Waals surface area contributed by atoms with Crippen molar-refractivity contribution in [3.8, 4) is 0 Å². The topological polar surface area (TPSA) is 74.8 Å². The molecule has 0 radical (unpaired) electrons. The molecule has 0 aromatic rings. The van der Waals surface area contributed by atoms with Crippen LogP contribution in [0.1, 0.15) is 0 Å². The Kier molecular flexibility index (Phi) is 2.62. The minimum Gasteiger partial charge on any atom is -0.373 e.